The van der Waals surface area contributed by atoms with Gasteiger partial charge >= 0.3 is 5.97 Å². The molecule has 2 unspecified atom stereocenters. The molecule has 1 aromatic rings. The lowest BCUT2D eigenvalue weighted by molar-refractivity contribution is -0.137. The van der Waals surface area contributed by atoms with Gasteiger partial charge in [0.25, 0.3) is 0 Å². The van der Waals surface area contributed by atoms with Gasteiger partial charge in [0.05, 0.1) is 23.6 Å². The van der Waals surface area contributed by atoms with E-state index in [1.807, 2.05) is 6.92 Å². The van der Waals surface area contributed by atoms with Crippen LogP contribution in [0.25, 0.3) is 0 Å². The summed E-state index contributed by atoms with van der Waals surface area (Å²) in [5.41, 5.74) is 0.894. The predicted octanol–water partition coefficient (Wildman–Crippen LogP) is 3.04. The van der Waals surface area contributed by atoms with Crippen LogP contribution in [0.15, 0.2) is 40.5 Å². The number of esters is 1. The SMILES string of the molecule is CCC1SC2=NC(C)=C(C(=O)OC)C(c3ccccc3F)N2C1=O. The largest absolute Gasteiger partial charge is 0.466 e. The number of halogens is 1. The third kappa shape index (κ3) is 2.53. The number of benzene rings is 1. The van der Waals surface area contributed by atoms with Crippen LogP contribution in [0.1, 0.15) is 31.9 Å². The molecule has 1 amide bonds. The lowest BCUT2D eigenvalue weighted by Crippen LogP contribution is -2.41. The van der Waals surface area contributed by atoms with Crippen molar-refractivity contribution in [3.05, 3.63) is 46.9 Å². The third-order valence-corrected chi connectivity index (χ3v) is 5.45. The maximum absolute atomic E-state index is 14.4. The zero-order valence-electron chi connectivity index (χ0n) is 13.6. The van der Waals surface area contributed by atoms with Gasteiger partial charge in [-0.25, -0.2) is 14.2 Å². The normalized spacial score (nSPS) is 23.2. The van der Waals surface area contributed by atoms with Crippen LogP contribution in [0.4, 0.5) is 4.39 Å². The van der Waals surface area contributed by atoms with Crippen molar-refractivity contribution in [1.82, 2.24) is 4.90 Å². The minimum Gasteiger partial charge on any atom is -0.466 e. The van der Waals surface area contributed by atoms with Crippen LogP contribution in [-0.2, 0) is 14.3 Å². The zero-order valence-corrected chi connectivity index (χ0v) is 14.4. The molecule has 1 saturated heterocycles. The van der Waals surface area contributed by atoms with E-state index >= 15 is 0 Å². The van der Waals surface area contributed by atoms with Gasteiger partial charge in [-0.2, -0.15) is 0 Å². The predicted molar refractivity (Wildman–Crippen MR) is 89.8 cm³/mol. The number of aliphatic imine (C=N–C) groups is 1. The fourth-order valence-corrected chi connectivity index (χ4v) is 4.09. The average Bonchev–Trinajstić information content (AvgIpc) is 2.89. The van der Waals surface area contributed by atoms with Gasteiger partial charge in [-0.3, -0.25) is 9.69 Å². The van der Waals surface area contributed by atoms with Crippen LogP contribution in [0.3, 0.4) is 0 Å². The first-order valence-corrected chi connectivity index (χ1v) is 8.49. The van der Waals surface area contributed by atoms with Gasteiger partial charge < -0.3 is 4.74 Å². The van der Waals surface area contributed by atoms with E-state index in [0.29, 0.717) is 17.3 Å². The Morgan fingerprint density at radius 3 is 2.75 bits per heavy atom. The Kier molecular flexibility index (Phi) is 4.45. The van der Waals surface area contributed by atoms with Crippen molar-refractivity contribution in [2.75, 3.05) is 7.11 Å². The second-order valence-corrected chi connectivity index (χ2v) is 6.70. The number of ether oxygens (including phenoxy) is 1. The van der Waals surface area contributed by atoms with Crippen molar-refractivity contribution < 1.29 is 18.7 Å². The van der Waals surface area contributed by atoms with E-state index in [9.17, 15) is 14.0 Å². The highest BCUT2D eigenvalue weighted by Crippen LogP contribution is 2.44. The molecule has 3 rings (SSSR count). The second kappa shape index (κ2) is 6.39. The molecule has 0 aliphatic carbocycles. The fraction of sp³-hybridized carbons (Fsp3) is 0.353. The van der Waals surface area contributed by atoms with Gasteiger partial charge in [0.2, 0.25) is 5.91 Å². The van der Waals surface area contributed by atoms with E-state index in [0.717, 1.165) is 0 Å². The first-order valence-electron chi connectivity index (χ1n) is 7.61. The number of methoxy groups -OCH3 is 1. The number of fused-ring (bicyclic) bond motifs is 1. The van der Waals surface area contributed by atoms with Crippen LogP contribution >= 0.6 is 11.8 Å². The molecule has 2 aliphatic rings. The van der Waals surface area contributed by atoms with Gasteiger partial charge in [0, 0.05) is 5.56 Å². The molecule has 0 saturated carbocycles. The molecule has 0 N–H and O–H groups in total. The first-order chi connectivity index (χ1) is 11.5. The van der Waals surface area contributed by atoms with Crippen molar-refractivity contribution in [2.45, 2.75) is 31.6 Å². The summed E-state index contributed by atoms with van der Waals surface area (Å²) in [7, 11) is 1.26. The van der Waals surface area contributed by atoms with Crippen LogP contribution in [0.5, 0.6) is 0 Å². The minimum atomic E-state index is -0.859. The maximum Gasteiger partial charge on any atom is 0.338 e. The van der Waals surface area contributed by atoms with Gasteiger partial charge in [0.15, 0.2) is 5.17 Å². The maximum atomic E-state index is 14.4. The highest BCUT2D eigenvalue weighted by Gasteiger charge is 2.47. The zero-order chi connectivity index (χ0) is 17.4. The summed E-state index contributed by atoms with van der Waals surface area (Å²) in [5.74, 6) is -1.25. The fourth-order valence-electron chi connectivity index (χ4n) is 2.95. The average molecular weight is 348 g/mol. The summed E-state index contributed by atoms with van der Waals surface area (Å²) in [6.45, 7) is 3.59. The minimum absolute atomic E-state index is 0.164. The molecule has 1 fully saturated rings. The molecule has 126 valence electrons. The standard InChI is InChI=1S/C17H17FN2O3S/c1-4-12-15(21)20-14(10-7-5-6-8-11(10)18)13(16(22)23-3)9(2)19-17(20)24-12/h5-8,12,14H,4H2,1-3H3. The highest BCUT2D eigenvalue weighted by atomic mass is 32.2. The second-order valence-electron chi connectivity index (χ2n) is 5.53. The summed E-state index contributed by atoms with van der Waals surface area (Å²) >= 11 is 1.35. The van der Waals surface area contributed by atoms with Crippen molar-refractivity contribution in [2.24, 2.45) is 4.99 Å². The third-order valence-electron chi connectivity index (χ3n) is 4.13. The number of amides is 1. The van der Waals surface area contributed by atoms with Crippen molar-refractivity contribution in [1.29, 1.82) is 0 Å². The molecule has 5 nitrogen and oxygen atoms in total. The Labute approximate surface area is 143 Å². The monoisotopic (exact) mass is 348 g/mol. The molecule has 1 aromatic carbocycles. The van der Waals surface area contributed by atoms with Crippen LogP contribution in [-0.4, -0.2) is 34.3 Å². The van der Waals surface area contributed by atoms with Gasteiger partial charge in [-0.15, -0.1) is 0 Å². The van der Waals surface area contributed by atoms with Crippen LogP contribution < -0.4 is 0 Å². The number of thioether (sulfide) groups is 1. The van der Waals surface area contributed by atoms with Gasteiger partial charge in [-0.05, 0) is 19.4 Å². The number of carbonyl (C=O) groups excluding carboxylic acids is 2. The summed E-state index contributed by atoms with van der Waals surface area (Å²) in [5, 5.41) is 0.230. The molecule has 2 heterocycles. The van der Waals surface area contributed by atoms with Crippen molar-refractivity contribution >= 4 is 28.8 Å². The summed E-state index contributed by atoms with van der Waals surface area (Å²) < 4.78 is 19.3. The Hall–Kier alpha value is -2.15. The topological polar surface area (TPSA) is 59.0 Å². The number of rotatable bonds is 3. The van der Waals surface area contributed by atoms with E-state index in [4.69, 9.17) is 4.74 Å². The summed E-state index contributed by atoms with van der Waals surface area (Å²) in [6.07, 6.45) is 0.635. The van der Waals surface area contributed by atoms with E-state index in [-0.39, 0.29) is 22.3 Å². The molecule has 0 spiro atoms. The molecule has 0 bridgehead atoms. The van der Waals surface area contributed by atoms with E-state index < -0.39 is 17.8 Å². The Morgan fingerprint density at radius 2 is 2.12 bits per heavy atom. The number of allylic oxidation sites excluding steroid dienone is 1. The summed E-state index contributed by atoms with van der Waals surface area (Å²) in [4.78, 5) is 30.9. The Balaban J connectivity index is 2.20. The quantitative estimate of drug-likeness (QED) is 0.788. The lowest BCUT2D eigenvalue weighted by Gasteiger charge is -2.33. The van der Waals surface area contributed by atoms with Gasteiger partial charge in [0.1, 0.15) is 11.9 Å². The van der Waals surface area contributed by atoms with E-state index in [1.165, 1.54) is 29.8 Å². The number of amidine groups is 1. The molecular weight excluding hydrogens is 331 g/mol. The smallest absolute Gasteiger partial charge is 0.338 e. The molecule has 2 atom stereocenters. The van der Waals surface area contributed by atoms with E-state index in [2.05, 4.69) is 4.99 Å². The molecule has 0 radical (unpaired) electrons. The van der Waals surface area contributed by atoms with Crippen molar-refractivity contribution in [3.8, 4) is 0 Å². The summed E-state index contributed by atoms with van der Waals surface area (Å²) in [6, 6.07) is 5.29. The van der Waals surface area contributed by atoms with Crippen LogP contribution in [0, 0.1) is 5.82 Å². The number of carbonyl (C=O) groups is 2. The molecule has 0 aromatic heterocycles. The van der Waals surface area contributed by atoms with E-state index in [1.54, 1.807) is 25.1 Å². The lowest BCUT2D eigenvalue weighted by atomic mass is 9.94. The molecule has 24 heavy (non-hydrogen) atoms. The molecular formula is C17H17FN2O3S. The van der Waals surface area contributed by atoms with Crippen LogP contribution in [0.2, 0.25) is 0 Å². The number of nitrogens with zero attached hydrogens (tertiary/aromatic N) is 2. The van der Waals surface area contributed by atoms with Crippen molar-refractivity contribution in [3.63, 3.8) is 0 Å². The molecule has 2 aliphatic heterocycles. The first kappa shape index (κ1) is 16.7. The Morgan fingerprint density at radius 1 is 1.42 bits per heavy atom. The van der Waals surface area contributed by atoms with Gasteiger partial charge in [-0.1, -0.05) is 36.9 Å². The Bertz CT molecular complexity index is 775. The highest BCUT2D eigenvalue weighted by molar-refractivity contribution is 8.15. The number of hydrogen-bond donors (Lipinski definition) is 0. The number of hydrogen-bond acceptors (Lipinski definition) is 5. The molecule has 7 heteroatoms.